The average Bonchev–Trinajstić information content (AvgIpc) is 2.27. The van der Waals surface area contributed by atoms with Crippen LogP contribution in [-0.4, -0.2) is 41.0 Å². The molecule has 2 rings (SSSR count). The highest BCUT2D eigenvalue weighted by Gasteiger charge is 2.24. The number of rotatable bonds is 2. The third-order valence-corrected chi connectivity index (χ3v) is 2.42. The minimum absolute atomic E-state index is 0.0269. The first-order valence-electron chi connectivity index (χ1n) is 5.04. The van der Waals surface area contributed by atoms with Gasteiger partial charge < -0.3 is 15.7 Å². The van der Waals surface area contributed by atoms with Gasteiger partial charge in [0, 0.05) is 0 Å². The molecule has 94 valence electrons. The number of nitrogens with zero attached hydrogens (tertiary/aromatic N) is 2. The van der Waals surface area contributed by atoms with Crippen LogP contribution in [0.1, 0.15) is 10.4 Å². The molecule has 2 amide bonds. The number of nitrogens with one attached hydrogen (secondary N) is 1. The highest BCUT2D eigenvalue weighted by atomic mass is 16.4. The molecule has 1 aliphatic rings. The Labute approximate surface area is 101 Å². The third-order valence-electron chi connectivity index (χ3n) is 2.42. The number of piperazine rings is 1. The summed E-state index contributed by atoms with van der Waals surface area (Å²) in [6.45, 7) is -0.108. The summed E-state index contributed by atoms with van der Waals surface area (Å²) in [7, 11) is 0. The summed E-state index contributed by atoms with van der Waals surface area (Å²) < 4.78 is 0. The van der Waals surface area contributed by atoms with Gasteiger partial charge >= 0.3 is 5.97 Å². The number of carbonyl (C=O) groups excluding carboxylic acids is 2. The number of carboxylic acid groups (broad SMARTS) is 1. The van der Waals surface area contributed by atoms with Crippen molar-refractivity contribution >= 4 is 29.3 Å². The monoisotopic (exact) mass is 250 g/mol. The SMILES string of the molecule is Nc1cnc(N2CC(=O)NC(=O)C2)cc1C(=O)O. The highest BCUT2D eigenvalue weighted by molar-refractivity contribution is 6.03. The molecule has 0 aromatic carbocycles. The van der Waals surface area contributed by atoms with Crippen molar-refractivity contribution in [3.8, 4) is 0 Å². The molecule has 0 unspecified atom stereocenters. The van der Waals surface area contributed by atoms with Crippen molar-refractivity contribution in [2.24, 2.45) is 0 Å². The molecular formula is C10H10N4O4. The lowest BCUT2D eigenvalue weighted by molar-refractivity contribution is -0.130. The number of amides is 2. The predicted octanol–water partition coefficient (Wildman–Crippen LogP) is -1.18. The van der Waals surface area contributed by atoms with Crippen LogP contribution < -0.4 is 16.0 Å². The fourth-order valence-corrected chi connectivity index (χ4v) is 1.61. The van der Waals surface area contributed by atoms with Crippen molar-refractivity contribution in [3.05, 3.63) is 17.8 Å². The van der Waals surface area contributed by atoms with Gasteiger partial charge in [-0.3, -0.25) is 14.9 Å². The topological polar surface area (TPSA) is 126 Å². The largest absolute Gasteiger partial charge is 0.478 e. The first kappa shape index (κ1) is 11.8. The smallest absolute Gasteiger partial charge is 0.337 e. The van der Waals surface area contributed by atoms with Gasteiger partial charge in [-0.05, 0) is 6.07 Å². The van der Waals surface area contributed by atoms with Crippen molar-refractivity contribution in [2.75, 3.05) is 23.7 Å². The number of hydrogen-bond donors (Lipinski definition) is 3. The van der Waals surface area contributed by atoms with E-state index in [4.69, 9.17) is 10.8 Å². The van der Waals surface area contributed by atoms with Gasteiger partial charge in [-0.1, -0.05) is 0 Å². The van der Waals surface area contributed by atoms with Gasteiger partial charge in [0.05, 0.1) is 30.5 Å². The lowest BCUT2D eigenvalue weighted by atomic mass is 10.2. The molecule has 4 N–H and O–H groups in total. The molecule has 8 heteroatoms. The van der Waals surface area contributed by atoms with Crippen LogP contribution in [0.4, 0.5) is 11.5 Å². The van der Waals surface area contributed by atoms with Crippen LogP contribution in [0, 0.1) is 0 Å². The van der Waals surface area contributed by atoms with E-state index in [1.807, 2.05) is 0 Å². The van der Waals surface area contributed by atoms with E-state index in [-0.39, 0.29) is 30.2 Å². The fourth-order valence-electron chi connectivity index (χ4n) is 1.61. The summed E-state index contributed by atoms with van der Waals surface area (Å²) >= 11 is 0. The van der Waals surface area contributed by atoms with Gasteiger partial charge in [-0.2, -0.15) is 0 Å². The van der Waals surface area contributed by atoms with Crippen LogP contribution in [0.5, 0.6) is 0 Å². The number of nitrogens with two attached hydrogens (primary N) is 1. The minimum Gasteiger partial charge on any atom is -0.478 e. The van der Waals surface area contributed by atoms with Gasteiger partial charge in [-0.25, -0.2) is 9.78 Å². The second-order valence-corrected chi connectivity index (χ2v) is 3.76. The summed E-state index contributed by atoms with van der Waals surface area (Å²) in [5.41, 5.74) is 5.38. The van der Waals surface area contributed by atoms with Crippen molar-refractivity contribution in [1.29, 1.82) is 0 Å². The number of aromatic nitrogens is 1. The fraction of sp³-hybridized carbons (Fsp3) is 0.200. The van der Waals surface area contributed by atoms with E-state index < -0.39 is 17.8 Å². The molecule has 8 nitrogen and oxygen atoms in total. The Morgan fingerprint density at radius 3 is 2.56 bits per heavy atom. The standard InChI is InChI=1S/C10H10N4O4/c11-6-2-12-7(1-5(6)10(17)18)14-3-8(15)13-9(16)4-14/h1-2H,3-4,11H2,(H,17,18)(H,13,15,16). The van der Waals surface area contributed by atoms with Gasteiger partial charge in [0.25, 0.3) is 0 Å². The minimum atomic E-state index is -1.19. The normalized spacial score (nSPS) is 15.4. The van der Waals surface area contributed by atoms with Crippen LogP contribution in [0.15, 0.2) is 12.3 Å². The summed E-state index contributed by atoms with van der Waals surface area (Å²) in [4.78, 5) is 38.6. The molecule has 1 aliphatic heterocycles. The molecule has 0 spiro atoms. The van der Waals surface area contributed by atoms with Gasteiger partial charge in [-0.15, -0.1) is 0 Å². The number of pyridine rings is 1. The molecule has 0 aliphatic carbocycles. The van der Waals surface area contributed by atoms with E-state index in [0.29, 0.717) is 0 Å². The van der Waals surface area contributed by atoms with Crippen LogP contribution in [0.2, 0.25) is 0 Å². The maximum absolute atomic E-state index is 11.2. The maximum Gasteiger partial charge on any atom is 0.337 e. The summed E-state index contributed by atoms with van der Waals surface area (Å²) in [5, 5.41) is 11.1. The molecule has 1 aromatic heterocycles. The number of carbonyl (C=O) groups is 3. The number of nitrogen functional groups attached to an aromatic ring is 1. The Kier molecular flexibility index (Phi) is 2.84. The molecule has 0 radical (unpaired) electrons. The summed E-state index contributed by atoms with van der Waals surface area (Å²) in [5.74, 6) is -1.88. The first-order valence-corrected chi connectivity index (χ1v) is 5.04. The zero-order valence-corrected chi connectivity index (χ0v) is 9.21. The Hall–Kier alpha value is -2.64. The van der Waals surface area contributed by atoms with Crippen molar-refractivity contribution in [3.63, 3.8) is 0 Å². The van der Waals surface area contributed by atoms with Crippen LogP contribution in [-0.2, 0) is 9.59 Å². The molecule has 0 saturated carbocycles. The van der Waals surface area contributed by atoms with Crippen LogP contribution >= 0.6 is 0 Å². The van der Waals surface area contributed by atoms with E-state index >= 15 is 0 Å². The second kappa shape index (κ2) is 4.32. The number of aromatic carboxylic acids is 1. The number of imide groups is 1. The van der Waals surface area contributed by atoms with Crippen molar-refractivity contribution in [2.45, 2.75) is 0 Å². The molecule has 18 heavy (non-hydrogen) atoms. The lowest BCUT2D eigenvalue weighted by Gasteiger charge is -2.26. The average molecular weight is 250 g/mol. The van der Waals surface area contributed by atoms with Crippen molar-refractivity contribution in [1.82, 2.24) is 10.3 Å². The first-order chi connectivity index (χ1) is 8.47. The predicted molar refractivity (Wildman–Crippen MR) is 61.0 cm³/mol. The zero-order chi connectivity index (χ0) is 13.3. The quantitative estimate of drug-likeness (QED) is 0.564. The summed E-state index contributed by atoms with van der Waals surface area (Å²) in [6, 6.07) is 1.24. The third kappa shape index (κ3) is 2.21. The van der Waals surface area contributed by atoms with Crippen LogP contribution in [0.3, 0.4) is 0 Å². The van der Waals surface area contributed by atoms with E-state index in [9.17, 15) is 14.4 Å². The Bertz CT molecular complexity index is 527. The lowest BCUT2D eigenvalue weighted by Crippen LogP contribution is -2.51. The second-order valence-electron chi connectivity index (χ2n) is 3.76. The maximum atomic E-state index is 11.2. The Morgan fingerprint density at radius 2 is 2.00 bits per heavy atom. The molecule has 0 bridgehead atoms. The van der Waals surface area contributed by atoms with E-state index in [1.165, 1.54) is 17.2 Å². The molecule has 1 fully saturated rings. The molecular weight excluding hydrogens is 240 g/mol. The molecule has 1 saturated heterocycles. The van der Waals surface area contributed by atoms with E-state index in [1.54, 1.807) is 0 Å². The van der Waals surface area contributed by atoms with Gasteiger partial charge in [0.1, 0.15) is 5.82 Å². The number of anilines is 2. The number of carboxylic acids is 1. The summed E-state index contributed by atoms with van der Waals surface area (Å²) in [6.07, 6.45) is 1.19. The molecule has 1 aromatic rings. The Balaban J connectivity index is 2.33. The van der Waals surface area contributed by atoms with Gasteiger partial charge in [0.2, 0.25) is 11.8 Å². The van der Waals surface area contributed by atoms with Crippen LogP contribution in [0.25, 0.3) is 0 Å². The molecule has 0 atom stereocenters. The van der Waals surface area contributed by atoms with E-state index in [0.717, 1.165) is 0 Å². The highest BCUT2D eigenvalue weighted by Crippen LogP contribution is 2.18. The molecule has 2 heterocycles. The zero-order valence-electron chi connectivity index (χ0n) is 9.21. The Morgan fingerprint density at radius 1 is 1.39 bits per heavy atom. The van der Waals surface area contributed by atoms with Crippen molar-refractivity contribution < 1.29 is 19.5 Å². The van der Waals surface area contributed by atoms with E-state index in [2.05, 4.69) is 10.3 Å². The number of hydrogen-bond acceptors (Lipinski definition) is 6. The van der Waals surface area contributed by atoms with Gasteiger partial charge in [0.15, 0.2) is 0 Å².